The summed E-state index contributed by atoms with van der Waals surface area (Å²) in [6.45, 7) is 9.07. The maximum atomic E-state index is 14.1. The first-order valence-corrected chi connectivity index (χ1v) is 12.9. The van der Waals surface area contributed by atoms with E-state index >= 15 is 0 Å². The molecule has 4 aromatic rings. The van der Waals surface area contributed by atoms with Gasteiger partial charge in [0.15, 0.2) is 6.23 Å². The Morgan fingerprint density at radius 2 is 1.93 bits per heavy atom. The molecule has 0 radical (unpaired) electrons. The average Bonchev–Trinajstić information content (AvgIpc) is 3.35. The van der Waals surface area contributed by atoms with Gasteiger partial charge in [0.05, 0.1) is 7.11 Å². The van der Waals surface area contributed by atoms with E-state index < -0.39 is 24.2 Å². The van der Waals surface area contributed by atoms with Crippen molar-refractivity contribution in [3.63, 3.8) is 0 Å². The maximum absolute atomic E-state index is 14.1. The Kier molecular flexibility index (Phi) is 8.59. The van der Waals surface area contributed by atoms with Gasteiger partial charge in [-0.25, -0.2) is 9.97 Å². The highest BCUT2D eigenvalue weighted by molar-refractivity contribution is 6.00. The fourth-order valence-corrected chi connectivity index (χ4v) is 4.31. The van der Waals surface area contributed by atoms with Crippen molar-refractivity contribution in [2.75, 3.05) is 12.4 Å². The molecule has 0 aliphatic rings. The monoisotopic (exact) mass is 545 g/mol. The number of carbonyl (C=O) groups excluding carboxylic acids is 2. The molecule has 10 heteroatoms. The molecule has 0 saturated carbocycles. The van der Waals surface area contributed by atoms with E-state index in [0.29, 0.717) is 33.6 Å². The zero-order chi connectivity index (χ0) is 29.0. The molecular formula is C30H32FN5O4. The third-order valence-electron chi connectivity index (χ3n) is 6.84. The molecule has 4 rings (SSSR count). The van der Waals surface area contributed by atoms with E-state index in [1.165, 1.54) is 25.4 Å². The summed E-state index contributed by atoms with van der Waals surface area (Å²) in [4.78, 5) is 33.0. The number of aromatic nitrogens is 3. The van der Waals surface area contributed by atoms with Crippen LogP contribution in [0.15, 0.2) is 67.6 Å². The van der Waals surface area contributed by atoms with Gasteiger partial charge in [-0.1, -0.05) is 26.8 Å². The molecule has 3 atom stereocenters. The van der Waals surface area contributed by atoms with Crippen LogP contribution in [0.1, 0.15) is 33.4 Å². The van der Waals surface area contributed by atoms with Crippen LogP contribution >= 0.6 is 0 Å². The second kappa shape index (κ2) is 12.1. The summed E-state index contributed by atoms with van der Waals surface area (Å²) in [5.74, 6) is -1.01. The number of hydrogen-bond donors (Lipinski definition) is 2. The van der Waals surface area contributed by atoms with Crippen molar-refractivity contribution >= 4 is 28.6 Å². The number of pyridine rings is 2. The number of nitrogens with two attached hydrogens (primary N) is 1. The number of esters is 1. The van der Waals surface area contributed by atoms with E-state index in [-0.39, 0.29) is 11.8 Å². The average molecular weight is 546 g/mol. The molecule has 1 amide bonds. The Balaban J connectivity index is 1.82. The third-order valence-corrected chi connectivity index (χ3v) is 6.84. The molecule has 3 aromatic heterocycles. The first-order chi connectivity index (χ1) is 19.1. The smallest absolute Gasteiger partial charge is 0.325 e. The Morgan fingerprint density at radius 3 is 2.60 bits per heavy atom. The van der Waals surface area contributed by atoms with Crippen molar-refractivity contribution in [3.05, 3.63) is 73.6 Å². The van der Waals surface area contributed by atoms with E-state index in [1.807, 2.05) is 26.0 Å². The number of amides is 1. The first kappa shape index (κ1) is 28.4. The molecule has 0 aliphatic carbocycles. The zero-order valence-corrected chi connectivity index (χ0v) is 22.8. The Morgan fingerprint density at radius 1 is 1.15 bits per heavy atom. The lowest BCUT2D eigenvalue weighted by atomic mass is 10.0. The van der Waals surface area contributed by atoms with Crippen LogP contribution in [0.4, 0.5) is 10.1 Å². The molecule has 1 aromatic carbocycles. The molecular weight excluding hydrogens is 513 g/mol. The number of fused-ring (bicyclic) bond motifs is 1. The van der Waals surface area contributed by atoms with Crippen molar-refractivity contribution in [2.24, 2.45) is 11.7 Å². The maximum Gasteiger partial charge on any atom is 0.325 e. The molecule has 0 bridgehead atoms. The van der Waals surface area contributed by atoms with Crippen LogP contribution in [0.2, 0.25) is 0 Å². The highest BCUT2D eigenvalue weighted by atomic mass is 19.1. The lowest BCUT2D eigenvalue weighted by Gasteiger charge is -2.21. The van der Waals surface area contributed by atoms with Crippen molar-refractivity contribution in [2.45, 2.75) is 39.5 Å². The molecule has 40 heavy (non-hydrogen) atoms. The summed E-state index contributed by atoms with van der Waals surface area (Å²) in [6.07, 6.45) is 6.01. The number of hydrogen-bond acceptors (Lipinski definition) is 7. The summed E-state index contributed by atoms with van der Waals surface area (Å²) in [5.41, 5.74) is 9.83. The number of rotatable bonds is 10. The van der Waals surface area contributed by atoms with Crippen LogP contribution in [0.5, 0.6) is 5.75 Å². The second-order valence-electron chi connectivity index (χ2n) is 9.50. The molecule has 0 spiro atoms. The van der Waals surface area contributed by atoms with E-state index in [1.54, 1.807) is 42.1 Å². The van der Waals surface area contributed by atoms with E-state index in [4.69, 9.17) is 20.2 Å². The topological polar surface area (TPSA) is 121 Å². The Bertz CT molecular complexity index is 1570. The minimum Gasteiger partial charge on any atom is -0.497 e. The minimum absolute atomic E-state index is 0.0406. The van der Waals surface area contributed by atoms with Gasteiger partial charge in [0.25, 0.3) is 0 Å². The number of halogens is 1. The van der Waals surface area contributed by atoms with Crippen molar-refractivity contribution < 1.29 is 23.5 Å². The first-order valence-electron chi connectivity index (χ1n) is 12.9. The number of anilines is 1. The fourth-order valence-electron chi connectivity index (χ4n) is 4.31. The van der Waals surface area contributed by atoms with Crippen LogP contribution in [0.25, 0.3) is 33.3 Å². The fraction of sp³-hybridized carbons (Fsp3) is 0.267. The van der Waals surface area contributed by atoms with Gasteiger partial charge in [-0.2, -0.15) is 4.39 Å². The summed E-state index contributed by atoms with van der Waals surface area (Å²) < 4.78 is 27.0. The molecule has 0 fully saturated rings. The molecule has 0 saturated heterocycles. The van der Waals surface area contributed by atoms with Gasteiger partial charge in [0, 0.05) is 52.9 Å². The van der Waals surface area contributed by atoms with E-state index in [9.17, 15) is 14.0 Å². The number of carbonyl (C=O) groups is 2. The molecule has 208 valence electrons. The predicted octanol–water partition coefficient (Wildman–Crippen LogP) is 5.47. The number of nitrogens with zero attached hydrogens (tertiary/aromatic N) is 3. The number of ether oxygens (including phenoxy) is 2. The van der Waals surface area contributed by atoms with Gasteiger partial charge in [-0.3, -0.25) is 14.2 Å². The van der Waals surface area contributed by atoms with Crippen LogP contribution < -0.4 is 15.8 Å². The number of methoxy groups -OCH3 is 1. The van der Waals surface area contributed by atoms with Gasteiger partial charge in [-0.15, -0.1) is 0 Å². The van der Waals surface area contributed by atoms with Crippen LogP contribution in [0.3, 0.4) is 0 Å². The molecule has 3 heterocycles. The molecule has 2 unspecified atom stereocenters. The van der Waals surface area contributed by atoms with Crippen molar-refractivity contribution in [1.29, 1.82) is 0 Å². The van der Waals surface area contributed by atoms with Gasteiger partial charge >= 0.3 is 5.97 Å². The summed E-state index contributed by atoms with van der Waals surface area (Å²) in [7, 11) is 1.53. The lowest BCUT2D eigenvalue weighted by Crippen LogP contribution is -2.38. The summed E-state index contributed by atoms with van der Waals surface area (Å²) in [6, 6.07) is 9.46. The van der Waals surface area contributed by atoms with Gasteiger partial charge in [-0.05, 0) is 54.3 Å². The summed E-state index contributed by atoms with van der Waals surface area (Å²) in [5, 5.41) is 3.44. The number of nitrogens with one attached hydrogen (secondary N) is 1. The Labute approximate surface area is 231 Å². The third kappa shape index (κ3) is 6.02. The van der Waals surface area contributed by atoms with Crippen molar-refractivity contribution in [1.82, 2.24) is 14.5 Å². The standard InChI is InChI=1S/C30H32FN5O4/c1-6-17(3)28(32)30(38)40-18(4)36-16-25(19-8-9-33-26(31)13-19)24-12-21(15-34-29(24)36)20-10-22(35-27(37)7-2)14-23(11-20)39-5/h7-18,28H,2,6,32H2,1,3-5H3,(H,35,37)/t17?,18-,28?/m0/s1. The largest absolute Gasteiger partial charge is 0.497 e. The van der Waals surface area contributed by atoms with Gasteiger partial charge < -0.3 is 20.5 Å². The molecule has 9 nitrogen and oxygen atoms in total. The SMILES string of the molecule is C=CC(=O)Nc1cc(OC)cc(-c2cnc3c(c2)c(-c2ccnc(F)c2)cn3[C@H](C)OC(=O)C(N)C(C)CC)c1. The van der Waals surface area contributed by atoms with Crippen LogP contribution in [-0.2, 0) is 14.3 Å². The molecule has 3 N–H and O–H groups in total. The highest BCUT2D eigenvalue weighted by Crippen LogP contribution is 2.36. The zero-order valence-electron chi connectivity index (χ0n) is 22.8. The van der Waals surface area contributed by atoms with Gasteiger partial charge in [0.1, 0.15) is 17.4 Å². The van der Waals surface area contributed by atoms with Crippen LogP contribution in [0, 0.1) is 11.9 Å². The lowest BCUT2D eigenvalue weighted by molar-refractivity contribution is -0.155. The van der Waals surface area contributed by atoms with E-state index in [2.05, 4.69) is 16.9 Å². The minimum atomic E-state index is -0.758. The highest BCUT2D eigenvalue weighted by Gasteiger charge is 2.25. The predicted molar refractivity (Wildman–Crippen MR) is 152 cm³/mol. The molecule has 0 aliphatic heterocycles. The van der Waals surface area contributed by atoms with Crippen molar-refractivity contribution in [3.8, 4) is 28.0 Å². The number of benzene rings is 1. The second-order valence-corrected chi connectivity index (χ2v) is 9.50. The quantitative estimate of drug-likeness (QED) is 0.154. The van der Waals surface area contributed by atoms with E-state index in [0.717, 1.165) is 17.5 Å². The normalized spacial score (nSPS) is 13.3. The summed E-state index contributed by atoms with van der Waals surface area (Å²) >= 11 is 0. The van der Waals surface area contributed by atoms with Gasteiger partial charge in [0.2, 0.25) is 11.9 Å². The Hall–Kier alpha value is -4.57. The van der Waals surface area contributed by atoms with Crippen LogP contribution in [-0.4, -0.2) is 39.6 Å².